The number of aryl methyl sites for hydroxylation is 1. The number of nitrogens with two attached hydrogens (primary N) is 1. The SMILES string of the molecule is NC(=O)CNC(=O)c1ccc(CNC(=O)C2CCCc3ccccc32)cc1. The van der Waals surface area contributed by atoms with Crippen LogP contribution < -0.4 is 16.4 Å². The third-order valence-corrected chi connectivity index (χ3v) is 4.79. The van der Waals surface area contributed by atoms with Gasteiger partial charge in [-0.3, -0.25) is 14.4 Å². The molecule has 0 bridgehead atoms. The summed E-state index contributed by atoms with van der Waals surface area (Å²) >= 11 is 0. The van der Waals surface area contributed by atoms with Gasteiger partial charge in [0.05, 0.1) is 12.5 Å². The minimum Gasteiger partial charge on any atom is -0.368 e. The largest absolute Gasteiger partial charge is 0.368 e. The normalized spacial score (nSPS) is 15.5. The van der Waals surface area contributed by atoms with Crippen molar-refractivity contribution in [2.24, 2.45) is 5.73 Å². The summed E-state index contributed by atoms with van der Waals surface area (Å²) in [7, 11) is 0. The van der Waals surface area contributed by atoms with Crippen LogP contribution >= 0.6 is 0 Å². The number of primary amides is 1. The lowest BCUT2D eigenvalue weighted by Gasteiger charge is -2.24. The molecule has 2 aromatic rings. The molecule has 1 aliphatic carbocycles. The molecule has 2 aromatic carbocycles. The second kappa shape index (κ2) is 8.49. The molecule has 0 aliphatic heterocycles. The van der Waals surface area contributed by atoms with Crippen molar-refractivity contribution in [1.29, 1.82) is 0 Å². The van der Waals surface area contributed by atoms with Crippen molar-refractivity contribution < 1.29 is 14.4 Å². The van der Waals surface area contributed by atoms with Gasteiger partial charge in [-0.25, -0.2) is 0 Å². The highest BCUT2D eigenvalue weighted by Gasteiger charge is 2.25. The highest BCUT2D eigenvalue weighted by Crippen LogP contribution is 2.31. The van der Waals surface area contributed by atoms with Crippen molar-refractivity contribution in [3.8, 4) is 0 Å². The van der Waals surface area contributed by atoms with Gasteiger partial charge in [-0.2, -0.15) is 0 Å². The van der Waals surface area contributed by atoms with Crippen molar-refractivity contribution in [3.05, 3.63) is 70.8 Å². The summed E-state index contributed by atoms with van der Waals surface area (Å²) < 4.78 is 0. The van der Waals surface area contributed by atoms with Gasteiger partial charge in [0.15, 0.2) is 0 Å². The maximum Gasteiger partial charge on any atom is 0.251 e. The second-order valence-electron chi connectivity index (χ2n) is 6.71. The number of fused-ring (bicyclic) bond motifs is 1. The number of rotatable bonds is 6. The highest BCUT2D eigenvalue weighted by atomic mass is 16.2. The van der Waals surface area contributed by atoms with Crippen LogP contribution in [0.25, 0.3) is 0 Å². The van der Waals surface area contributed by atoms with Crippen LogP contribution in [0.3, 0.4) is 0 Å². The minimum atomic E-state index is -0.591. The van der Waals surface area contributed by atoms with Crippen LogP contribution in [-0.2, 0) is 22.6 Å². The lowest BCUT2D eigenvalue weighted by atomic mass is 9.82. The number of amides is 3. The Balaban J connectivity index is 1.57. The van der Waals surface area contributed by atoms with E-state index in [4.69, 9.17) is 5.73 Å². The van der Waals surface area contributed by atoms with Crippen molar-refractivity contribution in [1.82, 2.24) is 10.6 Å². The molecule has 0 fully saturated rings. The van der Waals surface area contributed by atoms with E-state index < -0.39 is 5.91 Å². The lowest BCUT2D eigenvalue weighted by molar-refractivity contribution is -0.123. The van der Waals surface area contributed by atoms with Gasteiger partial charge in [0.1, 0.15) is 0 Å². The van der Waals surface area contributed by atoms with Gasteiger partial charge in [-0.05, 0) is 48.1 Å². The van der Waals surface area contributed by atoms with Gasteiger partial charge in [0.25, 0.3) is 5.91 Å². The predicted molar refractivity (Wildman–Crippen MR) is 102 cm³/mol. The van der Waals surface area contributed by atoms with E-state index >= 15 is 0 Å². The Kier molecular flexibility index (Phi) is 5.86. The lowest BCUT2D eigenvalue weighted by Crippen LogP contribution is -2.33. The second-order valence-corrected chi connectivity index (χ2v) is 6.71. The molecule has 3 amide bonds. The van der Waals surface area contributed by atoms with Crippen LogP contribution in [0, 0.1) is 0 Å². The first-order chi connectivity index (χ1) is 13.0. The predicted octanol–water partition coefficient (Wildman–Crippen LogP) is 1.64. The Morgan fingerprint density at radius 1 is 1.00 bits per heavy atom. The Hall–Kier alpha value is -3.15. The standard InChI is InChI=1S/C21H23N3O3/c22-19(25)13-24-20(26)16-10-8-14(9-11-16)12-23-21(27)18-7-3-5-15-4-1-2-6-17(15)18/h1-2,4,6,8-11,18H,3,5,7,12-13H2,(H2,22,25)(H,23,27)(H,24,26). The summed E-state index contributed by atoms with van der Waals surface area (Å²) in [6, 6.07) is 15.0. The van der Waals surface area contributed by atoms with Crippen LogP contribution in [-0.4, -0.2) is 24.3 Å². The Labute approximate surface area is 158 Å². The quantitative estimate of drug-likeness (QED) is 0.725. The highest BCUT2D eigenvalue weighted by molar-refractivity contribution is 5.96. The van der Waals surface area contributed by atoms with Crippen LogP contribution in [0.1, 0.15) is 45.8 Å². The molecule has 0 heterocycles. The summed E-state index contributed by atoms with van der Waals surface area (Å²) in [6.07, 6.45) is 2.91. The smallest absolute Gasteiger partial charge is 0.251 e. The number of benzene rings is 2. The molecule has 27 heavy (non-hydrogen) atoms. The average molecular weight is 365 g/mol. The molecular formula is C21H23N3O3. The fourth-order valence-electron chi connectivity index (χ4n) is 3.38. The number of hydrogen-bond donors (Lipinski definition) is 3. The summed E-state index contributed by atoms with van der Waals surface area (Å²) in [5, 5.41) is 5.43. The van der Waals surface area contributed by atoms with E-state index in [0.717, 1.165) is 30.4 Å². The van der Waals surface area contributed by atoms with E-state index in [1.165, 1.54) is 5.56 Å². The molecule has 6 heteroatoms. The van der Waals surface area contributed by atoms with Gasteiger partial charge >= 0.3 is 0 Å². The van der Waals surface area contributed by atoms with E-state index in [9.17, 15) is 14.4 Å². The van der Waals surface area contributed by atoms with Crippen LogP contribution in [0.15, 0.2) is 48.5 Å². The Morgan fingerprint density at radius 3 is 2.48 bits per heavy atom. The zero-order valence-electron chi connectivity index (χ0n) is 15.0. The monoisotopic (exact) mass is 365 g/mol. The molecule has 1 unspecified atom stereocenters. The fourth-order valence-corrected chi connectivity index (χ4v) is 3.38. The van der Waals surface area contributed by atoms with Crippen LogP contribution in [0.2, 0.25) is 0 Å². The van der Waals surface area contributed by atoms with Crippen molar-refractivity contribution in [2.45, 2.75) is 31.7 Å². The fraction of sp³-hybridized carbons (Fsp3) is 0.286. The number of hydrogen-bond acceptors (Lipinski definition) is 3. The van der Waals surface area contributed by atoms with Gasteiger partial charge in [-0.1, -0.05) is 36.4 Å². The molecule has 0 saturated heterocycles. The minimum absolute atomic E-state index is 0.0328. The van der Waals surface area contributed by atoms with Gasteiger partial charge in [0, 0.05) is 12.1 Å². The molecule has 1 atom stereocenters. The zero-order valence-corrected chi connectivity index (χ0v) is 15.0. The molecule has 1 aliphatic rings. The average Bonchev–Trinajstić information content (AvgIpc) is 2.70. The summed E-state index contributed by atoms with van der Waals surface area (Å²) in [6.45, 7) is 0.209. The zero-order chi connectivity index (χ0) is 19.2. The van der Waals surface area contributed by atoms with Gasteiger partial charge < -0.3 is 16.4 Å². The third-order valence-electron chi connectivity index (χ3n) is 4.79. The molecule has 6 nitrogen and oxygen atoms in total. The Bertz CT molecular complexity index is 846. The molecular weight excluding hydrogens is 342 g/mol. The van der Waals surface area contributed by atoms with Crippen molar-refractivity contribution in [2.75, 3.05) is 6.54 Å². The summed E-state index contributed by atoms with van der Waals surface area (Å²) in [4.78, 5) is 35.2. The van der Waals surface area contributed by atoms with Crippen LogP contribution in [0.4, 0.5) is 0 Å². The van der Waals surface area contributed by atoms with Crippen LogP contribution in [0.5, 0.6) is 0 Å². The first kappa shape index (κ1) is 18.6. The molecule has 3 rings (SSSR count). The number of carbonyl (C=O) groups is 3. The maximum absolute atomic E-state index is 12.6. The molecule has 140 valence electrons. The molecule has 0 spiro atoms. The first-order valence-corrected chi connectivity index (χ1v) is 9.05. The van der Waals surface area contributed by atoms with E-state index in [1.54, 1.807) is 24.3 Å². The maximum atomic E-state index is 12.6. The van der Waals surface area contributed by atoms with E-state index in [-0.39, 0.29) is 24.3 Å². The van der Waals surface area contributed by atoms with Gasteiger partial charge in [0.2, 0.25) is 11.8 Å². The molecule has 0 saturated carbocycles. The molecule has 4 N–H and O–H groups in total. The topological polar surface area (TPSA) is 101 Å². The van der Waals surface area contributed by atoms with E-state index in [1.807, 2.05) is 18.2 Å². The third kappa shape index (κ3) is 4.73. The molecule has 0 aromatic heterocycles. The summed E-state index contributed by atoms with van der Waals surface area (Å²) in [5.74, 6) is -1.02. The first-order valence-electron chi connectivity index (χ1n) is 9.05. The summed E-state index contributed by atoms with van der Waals surface area (Å²) in [5.41, 5.74) is 8.73. The number of carbonyl (C=O) groups excluding carboxylic acids is 3. The molecule has 0 radical (unpaired) electrons. The number of nitrogens with one attached hydrogen (secondary N) is 2. The van der Waals surface area contributed by atoms with Crippen molar-refractivity contribution >= 4 is 17.7 Å². The Morgan fingerprint density at radius 2 is 1.74 bits per heavy atom. The van der Waals surface area contributed by atoms with E-state index in [0.29, 0.717) is 12.1 Å². The van der Waals surface area contributed by atoms with Crippen molar-refractivity contribution in [3.63, 3.8) is 0 Å². The van der Waals surface area contributed by atoms with E-state index in [2.05, 4.69) is 16.7 Å². The van der Waals surface area contributed by atoms with Gasteiger partial charge in [-0.15, -0.1) is 0 Å².